The van der Waals surface area contributed by atoms with Crippen LogP contribution in [0.15, 0.2) is 30.0 Å². The third-order valence-electron chi connectivity index (χ3n) is 2.42. The van der Waals surface area contributed by atoms with Gasteiger partial charge in [-0.1, -0.05) is 13.0 Å². The molecular weight excluding hydrogens is 246 g/mol. The van der Waals surface area contributed by atoms with Gasteiger partial charge in [-0.25, -0.2) is 9.97 Å². The molecule has 0 unspecified atom stereocenters. The van der Waals surface area contributed by atoms with Crippen molar-refractivity contribution in [2.75, 3.05) is 6.54 Å². The lowest BCUT2D eigenvalue weighted by Crippen LogP contribution is -2.15. The summed E-state index contributed by atoms with van der Waals surface area (Å²) in [6.07, 6.45) is 4.44. The van der Waals surface area contributed by atoms with Crippen molar-refractivity contribution in [2.24, 2.45) is 0 Å². The number of rotatable bonds is 7. The molecule has 0 aliphatic carbocycles. The molecule has 2 aromatic rings. The van der Waals surface area contributed by atoms with Gasteiger partial charge in [0.15, 0.2) is 0 Å². The average molecular weight is 263 g/mol. The SMILES string of the molecule is CCCNCc1cncnc1OCc1cccs1. The maximum absolute atomic E-state index is 5.73. The number of ether oxygens (including phenoxy) is 1. The quantitative estimate of drug-likeness (QED) is 0.780. The van der Waals surface area contributed by atoms with E-state index in [0.717, 1.165) is 25.1 Å². The summed E-state index contributed by atoms with van der Waals surface area (Å²) >= 11 is 1.69. The van der Waals surface area contributed by atoms with Gasteiger partial charge in [0.2, 0.25) is 5.88 Å². The van der Waals surface area contributed by atoms with Crippen molar-refractivity contribution < 1.29 is 4.74 Å². The van der Waals surface area contributed by atoms with E-state index in [-0.39, 0.29) is 0 Å². The molecule has 0 bridgehead atoms. The minimum Gasteiger partial charge on any atom is -0.472 e. The zero-order chi connectivity index (χ0) is 12.6. The summed E-state index contributed by atoms with van der Waals surface area (Å²) in [5, 5.41) is 5.37. The standard InChI is InChI=1S/C13H17N3OS/c1-2-5-14-7-11-8-15-10-16-13(11)17-9-12-4-3-6-18-12/h3-4,6,8,10,14H,2,5,7,9H2,1H3. The zero-order valence-electron chi connectivity index (χ0n) is 10.4. The Morgan fingerprint density at radius 3 is 3.17 bits per heavy atom. The highest BCUT2D eigenvalue weighted by Gasteiger charge is 2.05. The second-order valence-corrected chi connectivity index (χ2v) is 4.93. The molecule has 2 rings (SSSR count). The van der Waals surface area contributed by atoms with E-state index < -0.39 is 0 Å². The Balaban J connectivity index is 1.94. The largest absolute Gasteiger partial charge is 0.472 e. The number of thiophene rings is 1. The third-order valence-corrected chi connectivity index (χ3v) is 3.27. The predicted octanol–water partition coefficient (Wildman–Crippen LogP) is 2.62. The van der Waals surface area contributed by atoms with E-state index >= 15 is 0 Å². The van der Waals surface area contributed by atoms with Gasteiger partial charge in [-0.15, -0.1) is 11.3 Å². The van der Waals surface area contributed by atoms with Crippen molar-refractivity contribution in [3.8, 4) is 5.88 Å². The summed E-state index contributed by atoms with van der Waals surface area (Å²) in [4.78, 5) is 9.42. The first kappa shape index (κ1) is 13.0. The normalized spacial score (nSPS) is 10.5. The number of hydrogen-bond acceptors (Lipinski definition) is 5. The highest BCUT2D eigenvalue weighted by molar-refractivity contribution is 7.09. The van der Waals surface area contributed by atoms with E-state index in [2.05, 4.69) is 28.3 Å². The molecule has 2 heterocycles. The van der Waals surface area contributed by atoms with Crippen LogP contribution in [0.5, 0.6) is 5.88 Å². The number of hydrogen-bond donors (Lipinski definition) is 1. The van der Waals surface area contributed by atoms with Gasteiger partial charge in [0, 0.05) is 23.2 Å². The first-order chi connectivity index (χ1) is 8.90. The fraction of sp³-hybridized carbons (Fsp3) is 0.385. The minimum atomic E-state index is 0.565. The summed E-state index contributed by atoms with van der Waals surface area (Å²) in [6, 6.07) is 4.08. The van der Waals surface area contributed by atoms with Gasteiger partial charge in [0.05, 0.1) is 0 Å². The van der Waals surface area contributed by atoms with E-state index in [1.54, 1.807) is 17.5 Å². The van der Waals surface area contributed by atoms with Gasteiger partial charge in [0.1, 0.15) is 12.9 Å². The number of aromatic nitrogens is 2. The third kappa shape index (κ3) is 3.78. The molecule has 0 aliphatic rings. The first-order valence-corrected chi connectivity index (χ1v) is 6.93. The van der Waals surface area contributed by atoms with Crippen molar-refractivity contribution in [1.29, 1.82) is 0 Å². The highest BCUT2D eigenvalue weighted by atomic mass is 32.1. The summed E-state index contributed by atoms with van der Waals surface area (Å²) in [7, 11) is 0. The second kappa shape index (κ2) is 7.08. The van der Waals surface area contributed by atoms with Crippen LogP contribution in [-0.4, -0.2) is 16.5 Å². The fourth-order valence-electron chi connectivity index (χ4n) is 1.53. The van der Waals surface area contributed by atoms with Crippen LogP contribution in [0.4, 0.5) is 0 Å². The van der Waals surface area contributed by atoms with E-state index in [1.807, 2.05) is 11.4 Å². The van der Waals surface area contributed by atoms with Crippen LogP contribution >= 0.6 is 11.3 Å². The molecule has 0 spiro atoms. The molecular formula is C13H17N3OS. The Morgan fingerprint density at radius 1 is 1.44 bits per heavy atom. The monoisotopic (exact) mass is 263 g/mol. The van der Waals surface area contributed by atoms with Gasteiger partial charge in [-0.2, -0.15) is 0 Å². The van der Waals surface area contributed by atoms with Gasteiger partial charge >= 0.3 is 0 Å². The van der Waals surface area contributed by atoms with E-state index in [0.29, 0.717) is 12.5 Å². The highest BCUT2D eigenvalue weighted by Crippen LogP contribution is 2.16. The van der Waals surface area contributed by atoms with Gasteiger partial charge in [-0.3, -0.25) is 0 Å². The van der Waals surface area contributed by atoms with E-state index in [9.17, 15) is 0 Å². The second-order valence-electron chi connectivity index (χ2n) is 3.90. The predicted molar refractivity (Wildman–Crippen MR) is 72.7 cm³/mol. The van der Waals surface area contributed by atoms with Crippen LogP contribution in [0.1, 0.15) is 23.8 Å². The molecule has 18 heavy (non-hydrogen) atoms. The molecule has 0 aromatic carbocycles. The molecule has 0 saturated carbocycles. The Labute approximate surface area is 111 Å². The lowest BCUT2D eigenvalue weighted by Gasteiger charge is -2.09. The Kier molecular flexibility index (Phi) is 5.11. The fourth-order valence-corrected chi connectivity index (χ4v) is 2.15. The van der Waals surface area contributed by atoms with Crippen molar-refractivity contribution in [3.63, 3.8) is 0 Å². The summed E-state index contributed by atoms with van der Waals surface area (Å²) in [5.41, 5.74) is 1.00. The van der Waals surface area contributed by atoms with E-state index in [4.69, 9.17) is 4.74 Å². The lowest BCUT2D eigenvalue weighted by atomic mass is 10.3. The lowest BCUT2D eigenvalue weighted by molar-refractivity contribution is 0.292. The molecule has 96 valence electrons. The molecule has 0 aliphatic heterocycles. The maximum Gasteiger partial charge on any atom is 0.221 e. The molecule has 0 radical (unpaired) electrons. The van der Waals surface area contributed by atoms with Crippen LogP contribution in [0, 0.1) is 0 Å². The number of nitrogens with zero attached hydrogens (tertiary/aromatic N) is 2. The smallest absolute Gasteiger partial charge is 0.221 e. The molecule has 0 saturated heterocycles. The Hall–Kier alpha value is -1.46. The summed E-state index contributed by atoms with van der Waals surface area (Å²) < 4.78 is 5.73. The zero-order valence-corrected chi connectivity index (χ0v) is 11.2. The first-order valence-electron chi connectivity index (χ1n) is 6.05. The van der Waals surface area contributed by atoms with Gasteiger partial charge < -0.3 is 10.1 Å². The van der Waals surface area contributed by atoms with Crippen LogP contribution in [0.2, 0.25) is 0 Å². The van der Waals surface area contributed by atoms with Crippen LogP contribution < -0.4 is 10.1 Å². The summed E-state index contributed by atoms with van der Waals surface area (Å²) in [5.74, 6) is 0.669. The Bertz CT molecular complexity index is 459. The van der Waals surface area contributed by atoms with Crippen molar-refractivity contribution in [3.05, 3.63) is 40.5 Å². The topological polar surface area (TPSA) is 47.0 Å². The molecule has 2 aromatic heterocycles. The minimum absolute atomic E-state index is 0.565. The van der Waals surface area contributed by atoms with Crippen LogP contribution in [0.25, 0.3) is 0 Å². The van der Waals surface area contributed by atoms with Crippen molar-refractivity contribution in [1.82, 2.24) is 15.3 Å². The van der Waals surface area contributed by atoms with Crippen LogP contribution in [0.3, 0.4) is 0 Å². The molecule has 0 atom stereocenters. The van der Waals surface area contributed by atoms with Gasteiger partial charge in [0.25, 0.3) is 0 Å². The molecule has 5 heteroatoms. The van der Waals surface area contributed by atoms with Crippen molar-refractivity contribution >= 4 is 11.3 Å². The molecule has 4 nitrogen and oxygen atoms in total. The molecule has 1 N–H and O–H groups in total. The van der Waals surface area contributed by atoms with Crippen molar-refractivity contribution in [2.45, 2.75) is 26.5 Å². The number of nitrogens with one attached hydrogen (secondary N) is 1. The average Bonchev–Trinajstić information content (AvgIpc) is 2.91. The molecule has 0 amide bonds. The van der Waals surface area contributed by atoms with Gasteiger partial charge in [-0.05, 0) is 24.4 Å². The van der Waals surface area contributed by atoms with E-state index in [1.165, 1.54) is 11.2 Å². The molecule has 0 fully saturated rings. The Morgan fingerprint density at radius 2 is 2.39 bits per heavy atom. The maximum atomic E-state index is 5.73. The summed E-state index contributed by atoms with van der Waals surface area (Å²) in [6.45, 7) is 4.44. The van der Waals surface area contributed by atoms with Crippen LogP contribution in [-0.2, 0) is 13.2 Å².